The third kappa shape index (κ3) is 3.79. The molecule has 0 spiro atoms. The van der Waals surface area contributed by atoms with E-state index in [2.05, 4.69) is 11.9 Å². The lowest BCUT2D eigenvalue weighted by molar-refractivity contribution is -0.132. The van der Waals surface area contributed by atoms with Crippen molar-refractivity contribution in [3.8, 4) is 0 Å². The van der Waals surface area contributed by atoms with Crippen LogP contribution in [-0.2, 0) is 4.79 Å². The lowest BCUT2D eigenvalue weighted by atomic mass is 10.0. The number of carbonyl (C=O) groups excluding carboxylic acids is 1. The molecule has 1 fully saturated rings. The first kappa shape index (κ1) is 14.0. The SMILES string of the molecule is C[C@@H](c1cccnc1)N(C)C(=O)CCC1CCCC1. The van der Waals surface area contributed by atoms with Gasteiger partial charge in [0, 0.05) is 25.9 Å². The second-order valence-electron chi connectivity index (χ2n) is 5.66. The molecule has 104 valence electrons. The van der Waals surface area contributed by atoms with E-state index in [4.69, 9.17) is 0 Å². The van der Waals surface area contributed by atoms with E-state index in [1.807, 2.05) is 30.3 Å². The molecule has 1 amide bonds. The molecule has 1 aromatic heterocycles. The number of hydrogen-bond acceptors (Lipinski definition) is 2. The Morgan fingerprint density at radius 3 is 2.84 bits per heavy atom. The minimum atomic E-state index is 0.102. The van der Waals surface area contributed by atoms with E-state index < -0.39 is 0 Å². The van der Waals surface area contributed by atoms with Gasteiger partial charge in [-0.05, 0) is 30.9 Å². The van der Waals surface area contributed by atoms with Gasteiger partial charge in [0.15, 0.2) is 0 Å². The Labute approximate surface area is 116 Å². The van der Waals surface area contributed by atoms with Crippen LogP contribution in [0.15, 0.2) is 24.5 Å². The van der Waals surface area contributed by atoms with Gasteiger partial charge in [-0.3, -0.25) is 9.78 Å². The van der Waals surface area contributed by atoms with Gasteiger partial charge in [0.1, 0.15) is 0 Å². The van der Waals surface area contributed by atoms with Crippen LogP contribution in [0.1, 0.15) is 57.1 Å². The molecule has 1 aromatic rings. The Morgan fingerprint density at radius 2 is 2.21 bits per heavy atom. The summed E-state index contributed by atoms with van der Waals surface area (Å²) in [6, 6.07) is 4.05. The highest BCUT2D eigenvalue weighted by molar-refractivity contribution is 5.76. The normalized spacial score (nSPS) is 17.4. The number of hydrogen-bond donors (Lipinski definition) is 0. The number of amides is 1. The van der Waals surface area contributed by atoms with Gasteiger partial charge in [0.05, 0.1) is 6.04 Å². The van der Waals surface area contributed by atoms with E-state index in [1.54, 1.807) is 6.20 Å². The first-order valence-corrected chi connectivity index (χ1v) is 7.34. The summed E-state index contributed by atoms with van der Waals surface area (Å²) in [5, 5.41) is 0. The predicted molar refractivity (Wildman–Crippen MR) is 76.6 cm³/mol. The highest BCUT2D eigenvalue weighted by Gasteiger charge is 2.20. The van der Waals surface area contributed by atoms with Crippen molar-refractivity contribution in [2.24, 2.45) is 5.92 Å². The predicted octanol–water partition coefficient (Wildman–Crippen LogP) is 3.57. The summed E-state index contributed by atoms with van der Waals surface area (Å²) < 4.78 is 0. The van der Waals surface area contributed by atoms with Gasteiger partial charge in [-0.25, -0.2) is 0 Å². The highest BCUT2D eigenvalue weighted by atomic mass is 16.2. The molecule has 3 nitrogen and oxygen atoms in total. The van der Waals surface area contributed by atoms with Crippen LogP contribution in [-0.4, -0.2) is 22.8 Å². The van der Waals surface area contributed by atoms with Crippen LogP contribution in [0.2, 0.25) is 0 Å². The second kappa shape index (κ2) is 6.69. The smallest absolute Gasteiger partial charge is 0.222 e. The summed E-state index contributed by atoms with van der Waals surface area (Å²) >= 11 is 0. The molecule has 0 saturated heterocycles. The van der Waals surface area contributed by atoms with Crippen molar-refractivity contribution < 1.29 is 4.79 Å². The van der Waals surface area contributed by atoms with Crippen molar-refractivity contribution in [2.75, 3.05) is 7.05 Å². The average molecular weight is 260 g/mol. The molecular weight excluding hydrogens is 236 g/mol. The van der Waals surface area contributed by atoms with Crippen molar-refractivity contribution in [3.63, 3.8) is 0 Å². The summed E-state index contributed by atoms with van der Waals surface area (Å²) in [7, 11) is 1.90. The van der Waals surface area contributed by atoms with E-state index in [0.717, 1.165) is 17.9 Å². The number of aromatic nitrogens is 1. The minimum absolute atomic E-state index is 0.102. The molecular formula is C16H24N2O. The molecule has 0 unspecified atom stereocenters. The molecule has 0 radical (unpaired) electrons. The second-order valence-corrected chi connectivity index (χ2v) is 5.66. The first-order chi connectivity index (χ1) is 9.18. The van der Waals surface area contributed by atoms with Crippen molar-refractivity contribution in [1.29, 1.82) is 0 Å². The fourth-order valence-corrected chi connectivity index (χ4v) is 2.87. The molecule has 0 aromatic carbocycles. The number of pyridine rings is 1. The van der Waals surface area contributed by atoms with Crippen LogP contribution in [0.3, 0.4) is 0 Å². The molecule has 0 N–H and O–H groups in total. The Hall–Kier alpha value is -1.38. The lowest BCUT2D eigenvalue weighted by Crippen LogP contribution is -2.29. The van der Waals surface area contributed by atoms with E-state index >= 15 is 0 Å². The van der Waals surface area contributed by atoms with Gasteiger partial charge in [0.2, 0.25) is 5.91 Å². The molecule has 1 aliphatic carbocycles. The van der Waals surface area contributed by atoms with Crippen molar-refractivity contribution in [3.05, 3.63) is 30.1 Å². The Balaban J connectivity index is 1.84. The molecule has 0 aliphatic heterocycles. The van der Waals surface area contributed by atoms with Crippen LogP contribution < -0.4 is 0 Å². The molecule has 1 aliphatic rings. The fourth-order valence-electron chi connectivity index (χ4n) is 2.87. The van der Waals surface area contributed by atoms with Crippen LogP contribution in [0, 0.1) is 5.92 Å². The molecule has 19 heavy (non-hydrogen) atoms. The summed E-state index contributed by atoms with van der Waals surface area (Å²) in [4.78, 5) is 18.2. The van der Waals surface area contributed by atoms with Gasteiger partial charge < -0.3 is 4.90 Å². The van der Waals surface area contributed by atoms with Crippen LogP contribution in [0.4, 0.5) is 0 Å². The van der Waals surface area contributed by atoms with Crippen LogP contribution in [0.5, 0.6) is 0 Å². The number of nitrogens with zero attached hydrogens (tertiary/aromatic N) is 2. The minimum Gasteiger partial charge on any atom is -0.339 e. The third-order valence-corrected chi connectivity index (χ3v) is 4.38. The summed E-state index contributed by atoms with van der Waals surface area (Å²) in [6.07, 6.45) is 10.7. The topological polar surface area (TPSA) is 33.2 Å². The van der Waals surface area contributed by atoms with Gasteiger partial charge in [0.25, 0.3) is 0 Å². The number of rotatable bonds is 5. The quantitative estimate of drug-likeness (QED) is 0.811. The maximum Gasteiger partial charge on any atom is 0.222 e. The van der Waals surface area contributed by atoms with Crippen molar-refractivity contribution >= 4 is 5.91 Å². The summed E-state index contributed by atoms with van der Waals surface area (Å²) in [6.45, 7) is 2.06. The van der Waals surface area contributed by atoms with Crippen molar-refractivity contribution in [1.82, 2.24) is 9.88 Å². The molecule has 2 rings (SSSR count). The third-order valence-electron chi connectivity index (χ3n) is 4.38. The summed E-state index contributed by atoms with van der Waals surface area (Å²) in [5.41, 5.74) is 1.10. The molecule has 1 heterocycles. The summed E-state index contributed by atoms with van der Waals surface area (Å²) in [5.74, 6) is 1.04. The van der Waals surface area contributed by atoms with Crippen LogP contribution in [0.25, 0.3) is 0 Å². The molecule has 1 saturated carbocycles. The fraction of sp³-hybridized carbons (Fsp3) is 0.625. The van der Waals surface area contributed by atoms with Gasteiger partial charge in [-0.2, -0.15) is 0 Å². The monoisotopic (exact) mass is 260 g/mol. The largest absolute Gasteiger partial charge is 0.339 e. The van der Waals surface area contributed by atoms with Gasteiger partial charge >= 0.3 is 0 Å². The zero-order valence-corrected chi connectivity index (χ0v) is 12.0. The zero-order chi connectivity index (χ0) is 13.7. The first-order valence-electron chi connectivity index (χ1n) is 7.34. The van der Waals surface area contributed by atoms with E-state index in [0.29, 0.717) is 6.42 Å². The van der Waals surface area contributed by atoms with Gasteiger partial charge in [-0.1, -0.05) is 31.7 Å². The molecule has 3 heteroatoms. The maximum atomic E-state index is 12.2. The highest BCUT2D eigenvalue weighted by Crippen LogP contribution is 2.29. The Bertz CT molecular complexity index is 398. The average Bonchev–Trinajstić information content (AvgIpc) is 2.97. The zero-order valence-electron chi connectivity index (χ0n) is 12.0. The van der Waals surface area contributed by atoms with Crippen LogP contribution >= 0.6 is 0 Å². The molecule has 0 bridgehead atoms. The Kier molecular flexibility index (Phi) is 4.94. The number of carbonyl (C=O) groups is 1. The van der Waals surface area contributed by atoms with E-state index in [9.17, 15) is 4.79 Å². The maximum absolute atomic E-state index is 12.2. The van der Waals surface area contributed by atoms with Gasteiger partial charge in [-0.15, -0.1) is 0 Å². The standard InChI is InChI=1S/C16H24N2O/c1-13(15-8-5-11-17-12-15)18(2)16(19)10-9-14-6-3-4-7-14/h5,8,11-14H,3-4,6-7,9-10H2,1-2H3/t13-/m0/s1. The van der Waals surface area contributed by atoms with Crippen molar-refractivity contribution in [2.45, 2.75) is 51.5 Å². The molecule has 1 atom stereocenters. The van der Waals surface area contributed by atoms with E-state index in [-0.39, 0.29) is 11.9 Å². The van der Waals surface area contributed by atoms with E-state index in [1.165, 1.54) is 25.7 Å². The lowest BCUT2D eigenvalue weighted by Gasteiger charge is -2.25. The Morgan fingerprint density at radius 1 is 1.47 bits per heavy atom.